The Morgan fingerprint density at radius 2 is 2.23 bits per heavy atom. The van der Waals surface area contributed by atoms with Crippen molar-refractivity contribution >= 4 is 17.3 Å². The second-order valence-electron chi connectivity index (χ2n) is 2.84. The van der Waals surface area contributed by atoms with E-state index in [4.69, 9.17) is 0 Å². The molecule has 1 aromatic rings. The van der Waals surface area contributed by atoms with Crippen LogP contribution in [0.5, 0.6) is 0 Å². The lowest BCUT2D eigenvalue weighted by Crippen LogP contribution is -1.82. The van der Waals surface area contributed by atoms with Gasteiger partial charge in [0.15, 0.2) is 0 Å². The van der Waals surface area contributed by atoms with Crippen LogP contribution in [-0.2, 0) is 0 Å². The smallest absolute Gasteiger partial charge is 0.0664 e. The molecule has 1 nitrogen and oxygen atoms in total. The van der Waals surface area contributed by atoms with Crippen molar-refractivity contribution in [2.75, 3.05) is 0 Å². The number of rotatable bonds is 3. The minimum Gasteiger partial charge on any atom is -0.257 e. The number of aromatic nitrogens is 1. The molecule has 13 heavy (non-hydrogen) atoms. The molecule has 1 aromatic heterocycles. The average molecular weight is 191 g/mol. The number of hydrogen-bond donors (Lipinski definition) is 0. The fourth-order valence-electron chi connectivity index (χ4n) is 0.845. The predicted molar refractivity (Wildman–Crippen MR) is 60.3 cm³/mol. The Hall–Kier alpha value is -1.02. The second-order valence-corrected chi connectivity index (χ2v) is 4.00. The van der Waals surface area contributed by atoms with Crippen LogP contribution in [0.15, 0.2) is 41.3 Å². The molecule has 0 fully saturated rings. The molecule has 0 aliphatic heterocycles. The van der Waals surface area contributed by atoms with Gasteiger partial charge in [-0.15, -0.1) is 11.8 Å². The van der Waals surface area contributed by atoms with E-state index in [0.717, 1.165) is 10.6 Å². The summed E-state index contributed by atoms with van der Waals surface area (Å²) in [6, 6.07) is 5.92. The molecule has 0 radical (unpaired) electrons. The second kappa shape index (κ2) is 4.87. The highest BCUT2D eigenvalue weighted by molar-refractivity contribution is 8.05. The van der Waals surface area contributed by atoms with Crippen LogP contribution in [0.3, 0.4) is 0 Å². The van der Waals surface area contributed by atoms with Crippen molar-refractivity contribution in [3.05, 3.63) is 47.0 Å². The van der Waals surface area contributed by atoms with Crippen molar-refractivity contribution in [3.63, 3.8) is 0 Å². The quantitative estimate of drug-likeness (QED) is 0.722. The number of hydrogen-bond acceptors (Lipinski definition) is 2. The number of pyridine rings is 1. The van der Waals surface area contributed by atoms with Gasteiger partial charge in [-0.3, -0.25) is 4.98 Å². The SMILES string of the molecule is C=C(C)S/C=C(\C)c1ccccn1. The van der Waals surface area contributed by atoms with Gasteiger partial charge < -0.3 is 0 Å². The standard InChI is InChI=1S/C11H13NS/c1-9(2)13-8-10(3)11-6-4-5-7-12-11/h4-8H,1H2,2-3H3/b10-8+. The van der Waals surface area contributed by atoms with Gasteiger partial charge in [0.1, 0.15) is 0 Å². The monoisotopic (exact) mass is 191 g/mol. The van der Waals surface area contributed by atoms with Gasteiger partial charge >= 0.3 is 0 Å². The Bertz CT molecular complexity index is 314. The Morgan fingerprint density at radius 1 is 1.46 bits per heavy atom. The molecule has 0 aliphatic rings. The summed E-state index contributed by atoms with van der Waals surface area (Å²) in [5.41, 5.74) is 2.20. The maximum atomic E-state index is 4.25. The molecule has 0 atom stereocenters. The van der Waals surface area contributed by atoms with Gasteiger partial charge in [0.2, 0.25) is 0 Å². The molecule has 68 valence electrons. The summed E-state index contributed by atoms with van der Waals surface area (Å²) in [4.78, 5) is 5.34. The van der Waals surface area contributed by atoms with Crippen LogP contribution < -0.4 is 0 Å². The van der Waals surface area contributed by atoms with Crippen molar-refractivity contribution in [2.45, 2.75) is 13.8 Å². The Morgan fingerprint density at radius 3 is 2.77 bits per heavy atom. The Kier molecular flexibility index (Phi) is 3.77. The highest BCUT2D eigenvalue weighted by Crippen LogP contribution is 2.20. The third-order valence-electron chi connectivity index (χ3n) is 1.51. The van der Waals surface area contributed by atoms with Crippen LogP contribution in [0.25, 0.3) is 5.57 Å². The first kappa shape index (κ1) is 10.1. The van der Waals surface area contributed by atoms with Gasteiger partial charge in [-0.2, -0.15) is 0 Å². The van der Waals surface area contributed by atoms with E-state index in [2.05, 4.69) is 23.9 Å². The lowest BCUT2D eigenvalue weighted by atomic mass is 10.2. The van der Waals surface area contributed by atoms with Gasteiger partial charge in [0.05, 0.1) is 5.69 Å². The Balaban J connectivity index is 2.73. The summed E-state index contributed by atoms with van der Waals surface area (Å²) in [5.74, 6) is 0. The summed E-state index contributed by atoms with van der Waals surface area (Å²) in [6.07, 6.45) is 1.80. The van der Waals surface area contributed by atoms with Crippen LogP contribution in [0.4, 0.5) is 0 Å². The summed E-state index contributed by atoms with van der Waals surface area (Å²) < 4.78 is 0. The molecule has 0 spiro atoms. The molecule has 0 unspecified atom stereocenters. The zero-order valence-corrected chi connectivity index (χ0v) is 8.77. The predicted octanol–water partition coefficient (Wildman–Crippen LogP) is 3.71. The van der Waals surface area contributed by atoms with E-state index >= 15 is 0 Å². The summed E-state index contributed by atoms with van der Waals surface area (Å²) in [5, 5.41) is 2.07. The van der Waals surface area contributed by atoms with E-state index in [9.17, 15) is 0 Å². The minimum absolute atomic E-state index is 1.02. The van der Waals surface area contributed by atoms with E-state index in [-0.39, 0.29) is 0 Å². The van der Waals surface area contributed by atoms with Crippen LogP contribution >= 0.6 is 11.8 Å². The van der Waals surface area contributed by atoms with Gasteiger partial charge in [0, 0.05) is 6.20 Å². The topological polar surface area (TPSA) is 12.9 Å². The molecule has 1 heterocycles. The van der Waals surface area contributed by atoms with Crippen molar-refractivity contribution in [1.29, 1.82) is 0 Å². The van der Waals surface area contributed by atoms with Gasteiger partial charge in [0.25, 0.3) is 0 Å². The van der Waals surface area contributed by atoms with Crippen molar-refractivity contribution in [3.8, 4) is 0 Å². The van der Waals surface area contributed by atoms with E-state index in [1.807, 2.05) is 25.1 Å². The zero-order valence-electron chi connectivity index (χ0n) is 7.95. The molecular formula is C11H13NS. The molecule has 0 aromatic carbocycles. The van der Waals surface area contributed by atoms with Gasteiger partial charge in [-0.25, -0.2) is 0 Å². The molecule has 0 N–H and O–H groups in total. The number of allylic oxidation sites excluding steroid dienone is 2. The van der Waals surface area contributed by atoms with Crippen molar-refractivity contribution < 1.29 is 0 Å². The molecule has 0 bridgehead atoms. The largest absolute Gasteiger partial charge is 0.257 e. The molecule has 1 rings (SSSR count). The third kappa shape index (κ3) is 3.47. The van der Waals surface area contributed by atoms with Gasteiger partial charge in [-0.05, 0) is 41.9 Å². The first-order valence-corrected chi connectivity index (χ1v) is 4.98. The number of thioether (sulfide) groups is 1. The molecule has 0 aliphatic carbocycles. The van der Waals surface area contributed by atoms with Crippen LogP contribution in [0.2, 0.25) is 0 Å². The fourth-order valence-corrected chi connectivity index (χ4v) is 1.34. The highest BCUT2D eigenvalue weighted by Gasteiger charge is 1.94. The fraction of sp³-hybridized carbons (Fsp3) is 0.182. The Labute approximate surface area is 83.6 Å². The third-order valence-corrected chi connectivity index (χ3v) is 2.38. The minimum atomic E-state index is 1.02. The van der Waals surface area contributed by atoms with E-state index < -0.39 is 0 Å². The van der Waals surface area contributed by atoms with Crippen molar-refractivity contribution in [2.24, 2.45) is 0 Å². The highest BCUT2D eigenvalue weighted by atomic mass is 32.2. The van der Waals surface area contributed by atoms with E-state index in [0.29, 0.717) is 0 Å². The van der Waals surface area contributed by atoms with Crippen LogP contribution in [0.1, 0.15) is 19.5 Å². The number of nitrogens with zero attached hydrogens (tertiary/aromatic N) is 1. The lowest BCUT2D eigenvalue weighted by Gasteiger charge is -1.99. The maximum Gasteiger partial charge on any atom is 0.0664 e. The zero-order chi connectivity index (χ0) is 9.68. The summed E-state index contributed by atoms with van der Waals surface area (Å²) in [6.45, 7) is 7.87. The first-order valence-electron chi connectivity index (χ1n) is 4.10. The first-order chi connectivity index (χ1) is 6.20. The summed E-state index contributed by atoms with van der Waals surface area (Å²) in [7, 11) is 0. The summed E-state index contributed by atoms with van der Waals surface area (Å²) >= 11 is 1.64. The van der Waals surface area contributed by atoms with Crippen LogP contribution in [-0.4, -0.2) is 4.98 Å². The van der Waals surface area contributed by atoms with Crippen molar-refractivity contribution in [1.82, 2.24) is 4.98 Å². The average Bonchev–Trinajstić information content (AvgIpc) is 2.15. The molecule has 0 saturated heterocycles. The van der Waals surface area contributed by atoms with E-state index in [1.54, 1.807) is 18.0 Å². The van der Waals surface area contributed by atoms with Crippen LogP contribution in [0, 0.1) is 0 Å². The molecular weight excluding hydrogens is 178 g/mol. The maximum absolute atomic E-state index is 4.25. The van der Waals surface area contributed by atoms with E-state index in [1.165, 1.54) is 5.57 Å². The lowest BCUT2D eigenvalue weighted by molar-refractivity contribution is 1.27. The normalized spacial score (nSPS) is 11.4. The molecule has 0 amide bonds. The molecule has 2 heteroatoms. The van der Waals surface area contributed by atoms with Gasteiger partial charge in [-0.1, -0.05) is 12.6 Å². The molecule has 0 saturated carbocycles.